The van der Waals surface area contributed by atoms with E-state index in [1.165, 1.54) is 14.8 Å². The van der Waals surface area contributed by atoms with Crippen LogP contribution in [-0.2, 0) is 0 Å². The first kappa shape index (κ1) is 12.4. The van der Waals surface area contributed by atoms with E-state index >= 15 is 0 Å². The Morgan fingerprint density at radius 1 is 0.812 bits per heavy atom. The molecule has 0 atom stereocenters. The molecule has 0 unspecified atom stereocenters. The van der Waals surface area contributed by atoms with Crippen LogP contribution in [0.25, 0.3) is 0 Å². The molecule has 0 fully saturated rings. The van der Waals surface area contributed by atoms with Gasteiger partial charge in [0.05, 0.1) is 0 Å². The van der Waals surface area contributed by atoms with Crippen LogP contribution < -0.4 is 10.6 Å². The molecule has 81 valence electrons. The van der Waals surface area contributed by atoms with Crippen LogP contribution in [0.2, 0.25) is 4.22 Å². The van der Waals surface area contributed by atoms with Gasteiger partial charge >= 0.3 is 113 Å². The van der Waals surface area contributed by atoms with Crippen LogP contribution in [0.1, 0.15) is 0 Å². The Labute approximate surface area is 112 Å². The van der Waals surface area contributed by atoms with Crippen LogP contribution in [0, 0.1) is 0 Å². The molecule has 2 rings (SSSR count). The molecule has 0 spiro atoms. The van der Waals surface area contributed by atoms with Crippen molar-refractivity contribution in [2.45, 2.75) is 4.22 Å². The summed E-state index contributed by atoms with van der Waals surface area (Å²) < 4.78 is 1.18. The average Bonchev–Trinajstić information content (AvgIpc) is 2.38. The van der Waals surface area contributed by atoms with Gasteiger partial charge in [-0.15, -0.1) is 0 Å². The minimum atomic E-state index is -0.120. The summed E-state index contributed by atoms with van der Waals surface area (Å²) in [6, 6.07) is 21.8. The van der Waals surface area contributed by atoms with E-state index in [0.29, 0.717) is 14.5 Å². The predicted octanol–water partition coefficient (Wildman–Crippen LogP) is 2.28. The van der Waals surface area contributed by atoms with E-state index in [2.05, 4.69) is 76.7 Å². The Morgan fingerprint density at radius 3 is 1.62 bits per heavy atom. The molecular formula is C13H12PSe2. The first-order valence-corrected chi connectivity index (χ1v) is 11.0. The molecule has 0 heterocycles. The molecule has 0 nitrogen and oxygen atoms in total. The summed E-state index contributed by atoms with van der Waals surface area (Å²) in [6.45, 7) is -0.120. The molecule has 0 aliphatic carbocycles. The van der Waals surface area contributed by atoms with Crippen molar-refractivity contribution in [2.24, 2.45) is 0 Å². The van der Waals surface area contributed by atoms with Gasteiger partial charge in [0.15, 0.2) is 0 Å². The summed E-state index contributed by atoms with van der Waals surface area (Å²) in [5.74, 6) is 0. The van der Waals surface area contributed by atoms with Crippen molar-refractivity contribution in [1.29, 1.82) is 0 Å². The summed E-state index contributed by atoms with van der Waals surface area (Å²) in [5, 5.41) is 3.00. The Kier molecular flexibility index (Phi) is 5.10. The van der Waals surface area contributed by atoms with Crippen LogP contribution in [-0.4, -0.2) is 30.5 Å². The normalized spacial score (nSPS) is 10.6. The van der Waals surface area contributed by atoms with Gasteiger partial charge in [0.25, 0.3) is 0 Å². The van der Waals surface area contributed by atoms with Crippen molar-refractivity contribution in [3.63, 3.8) is 0 Å². The Balaban J connectivity index is 2.31. The quantitative estimate of drug-likeness (QED) is 0.582. The van der Waals surface area contributed by atoms with Crippen molar-refractivity contribution < 1.29 is 0 Å². The summed E-state index contributed by atoms with van der Waals surface area (Å²) in [6.07, 6.45) is 0. The molecule has 0 saturated heterocycles. The fourth-order valence-electron chi connectivity index (χ4n) is 1.48. The molecule has 0 aliphatic rings. The van der Waals surface area contributed by atoms with E-state index in [9.17, 15) is 0 Å². The molecule has 16 heavy (non-hydrogen) atoms. The number of hydrogen-bond donors (Lipinski definition) is 0. The molecule has 2 aromatic carbocycles. The molecule has 0 amide bonds. The fraction of sp³-hybridized carbons (Fsp3) is 0.0769. The van der Waals surface area contributed by atoms with Gasteiger partial charge in [-0.3, -0.25) is 0 Å². The summed E-state index contributed by atoms with van der Waals surface area (Å²) >= 11 is 3.81. The molecule has 0 N–H and O–H groups in total. The summed E-state index contributed by atoms with van der Waals surface area (Å²) in [4.78, 5) is 0. The van der Waals surface area contributed by atoms with Gasteiger partial charge in [0.2, 0.25) is 0 Å². The third-order valence-corrected chi connectivity index (χ3v) is 12.5. The Morgan fingerprint density at radius 2 is 1.25 bits per heavy atom. The van der Waals surface area contributed by atoms with Gasteiger partial charge in [-0.1, -0.05) is 0 Å². The van der Waals surface area contributed by atoms with Crippen LogP contribution >= 0.6 is 6.61 Å². The zero-order chi connectivity index (χ0) is 11.2. The third kappa shape index (κ3) is 3.20. The maximum atomic E-state index is 3.16. The summed E-state index contributed by atoms with van der Waals surface area (Å²) in [5.41, 5.74) is 0. The number of benzene rings is 2. The summed E-state index contributed by atoms with van der Waals surface area (Å²) in [7, 11) is 0. The monoisotopic (exact) mass is 359 g/mol. The minimum absolute atomic E-state index is 0.120. The van der Waals surface area contributed by atoms with Gasteiger partial charge in [-0.2, -0.15) is 0 Å². The van der Waals surface area contributed by atoms with Gasteiger partial charge in [0, 0.05) is 0 Å². The van der Waals surface area contributed by atoms with Crippen LogP contribution in [0.5, 0.6) is 0 Å². The average molecular weight is 357 g/mol. The first-order chi connectivity index (χ1) is 7.92. The van der Waals surface area contributed by atoms with E-state index in [0.717, 1.165) is 0 Å². The fourth-order valence-corrected chi connectivity index (χ4v) is 10.6. The number of hydrogen-bond acceptors (Lipinski definition) is 0. The first-order valence-electron chi connectivity index (χ1n) is 5.03. The Hall–Kier alpha value is -0.0910. The molecule has 0 bridgehead atoms. The second-order valence-electron chi connectivity index (χ2n) is 3.21. The number of rotatable bonds is 4. The zero-order valence-electron chi connectivity index (χ0n) is 8.74. The van der Waals surface area contributed by atoms with Crippen molar-refractivity contribution in [2.75, 3.05) is 0 Å². The van der Waals surface area contributed by atoms with Crippen molar-refractivity contribution in [3.05, 3.63) is 60.7 Å². The zero-order valence-corrected chi connectivity index (χ0v) is 13.1. The molecule has 0 aromatic heterocycles. The van der Waals surface area contributed by atoms with Gasteiger partial charge in [0.1, 0.15) is 0 Å². The van der Waals surface area contributed by atoms with Crippen molar-refractivity contribution in [1.82, 2.24) is 0 Å². The van der Waals surface area contributed by atoms with E-state index < -0.39 is 0 Å². The standard InChI is InChI=1S/C13H12PSe2/c15-11-16-14(12-7-3-1-4-8-12)13-9-5-2-6-10-13/h1-10H,11H2. The second-order valence-corrected chi connectivity index (χ2v) is 12.1. The van der Waals surface area contributed by atoms with E-state index in [1.54, 1.807) is 0 Å². The molecule has 0 aliphatic heterocycles. The van der Waals surface area contributed by atoms with Gasteiger partial charge in [-0.25, -0.2) is 0 Å². The van der Waals surface area contributed by atoms with Crippen LogP contribution in [0.4, 0.5) is 0 Å². The predicted molar refractivity (Wildman–Crippen MR) is 75.4 cm³/mol. The second kappa shape index (κ2) is 6.60. The maximum absolute atomic E-state index is 3.16. The van der Waals surface area contributed by atoms with Crippen molar-refractivity contribution >= 4 is 47.7 Å². The van der Waals surface area contributed by atoms with Crippen LogP contribution in [0.15, 0.2) is 60.7 Å². The topological polar surface area (TPSA) is 0 Å². The van der Waals surface area contributed by atoms with E-state index in [1.807, 2.05) is 0 Å². The third-order valence-electron chi connectivity index (χ3n) is 2.16. The molecule has 3 heteroatoms. The molecule has 0 saturated carbocycles. The van der Waals surface area contributed by atoms with Gasteiger partial charge in [-0.05, 0) is 0 Å². The van der Waals surface area contributed by atoms with Gasteiger partial charge < -0.3 is 0 Å². The molecular weight excluding hydrogens is 345 g/mol. The van der Waals surface area contributed by atoms with E-state index in [-0.39, 0.29) is 6.61 Å². The molecule has 2 aromatic rings. The van der Waals surface area contributed by atoms with Crippen LogP contribution in [0.3, 0.4) is 0 Å². The van der Waals surface area contributed by atoms with E-state index in [4.69, 9.17) is 0 Å². The SMILES string of the molecule is [Se]C[Se]P(c1ccccc1)c1ccccc1. The molecule has 1 radical (unpaired) electrons. The Bertz CT molecular complexity index is 377. The van der Waals surface area contributed by atoms with Crippen molar-refractivity contribution in [3.8, 4) is 0 Å².